The van der Waals surface area contributed by atoms with Crippen molar-refractivity contribution in [2.24, 2.45) is 0 Å². The first-order chi connectivity index (χ1) is 10.5. The largest absolute Gasteiger partial charge is 0.387 e. The first kappa shape index (κ1) is 16.2. The smallest absolute Gasteiger partial charge is 0.248 e. The van der Waals surface area contributed by atoms with Gasteiger partial charge in [0.15, 0.2) is 0 Å². The van der Waals surface area contributed by atoms with Crippen molar-refractivity contribution in [2.45, 2.75) is 6.92 Å². The van der Waals surface area contributed by atoms with Gasteiger partial charge in [0.2, 0.25) is 11.8 Å². The van der Waals surface area contributed by atoms with Gasteiger partial charge in [-0.15, -0.1) is 0 Å². The molecule has 1 saturated heterocycles. The number of nitrogens with zero attached hydrogens (tertiary/aromatic N) is 2. The number of halogens is 1. The maximum absolute atomic E-state index is 12.9. The highest BCUT2D eigenvalue weighted by molar-refractivity contribution is 5.95. The number of benzene rings is 1. The van der Waals surface area contributed by atoms with Crippen LogP contribution in [0.5, 0.6) is 0 Å². The number of amides is 2. The molecular weight excluding hydrogens is 287 g/mol. The first-order valence-corrected chi connectivity index (χ1v) is 7.13. The summed E-state index contributed by atoms with van der Waals surface area (Å²) in [6, 6.07) is 5.98. The van der Waals surface area contributed by atoms with Gasteiger partial charge in [-0.05, 0) is 30.2 Å². The van der Waals surface area contributed by atoms with Crippen molar-refractivity contribution in [2.75, 3.05) is 32.8 Å². The molecule has 0 bridgehead atoms. The quantitative estimate of drug-likeness (QED) is 0.844. The van der Waals surface area contributed by atoms with Crippen LogP contribution in [0.25, 0.3) is 5.57 Å². The summed E-state index contributed by atoms with van der Waals surface area (Å²) in [5.41, 5.74) is 1.56. The molecule has 1 N–H and O–H groups in total. The predicted molar refractivity (Wildman–Crippen MR) is 80.3 cm³/mol. The van der Waals surface area contributed by atoms with Gasteiger partial charge in [-0.3, -0.25) is 9.59 Å². The highest BCUT2D eigenvalue weighted by Crippen LogP contribution is 2.15. The average Bonchev–Trinajstić information content (AvgIpc) is 2.54. The van der Waals surface area contributed by atoms with Crippen LogP contribution >= 0.6 is 0 Å². The van der Waals surface area contributed by atoms with Crippen LogP contribution in [-0.2, 0) is 9.59 Å². The summed E-state index contributed by atoms with van der Waals surface area (Å²) in [6.07, 6.45) is 1.52. The molecule has 0 radical (unpaired) electrons. The van der Waals surface area contributed by atoms with Crippen molar-refractivity contribution in [1.82, 2.24) is 9.80 Å². The maximum atomic E-state index is 12.9. The van der Waals surface area contributed by atoms with E-state index < -0.39 is 6.61 Å². The van der Waals surface area contributed by atoms with Crippen LogP contribution in [0.1, 0.15) is 12.5 Å². The molecular formula is C16H19FN2O3. The molecule has 0 saturated carbocycles. The lowest BCUT2D eigenvalue weighted by atomic mass is 10.1. The topological polar surface area (TPSA) is 60.9 Å². The SMILES string of the molecule is C/C(=C/C(=O)N1CCN(C(=O)CO)CC1)c1ccc(F)cc1. The first-order valence-electron chi connectivity index (χ1n) is 7.13. The lowest BCUT2D eigenvalue weighted by Gasteiger charge is -2.34. The van der Waals surface area contributed by atoms with E-state index in [1.165, 1.54) is 18.2 Å². The van der Waals surface area contributed by atoms with Gasteiger partial charge in [-0.25, -0.2) is 4.39 Å². The van der Waals surface area contributed by atoms with Crippen LogP contribution < -0.4 is 0 Å². The molecule has 2 rings (SSSR count). The van der Waals surface area contributed by atoms with Gasteiger partial charge in [-0.2, -0.15) is 0 Å². The Kier molecular flexibility index (Phi) is 5.27. The molecule has 1 heterocycles. The summed E-state index contributed by atoms with van der Waals surface area (Å²) in [5.74, 6) is -0.754. The van der Waals surface area contributed by atoms with E-state index in [4.69, 9.17) is 5.11 Å². The average molecular weight is 306 g/mol. The fourth-order valence-electron chi connectivity index (χ4n) is 2.35. The molecule has 0 aliphatic carbocycles. The minimum Gasteiger partial charge on any atom is -0.387 e. The van der Waals surface area contributed by atoms with E-state index in [1.54, 1.807) is 28.9 Å². The van der Waals surface area contributed by atoms with Gasteiger partial charge in [0.1, 0.15) is 12.4 Å². The molecule has 0 spiro atoms. The monoisotopic (exact) mass is 306 g/mol. The van der Waals surface area contributed by atoms with Crippen molar-refractivity contribution >= 4 is 17.4 Å². The summed E-state index contributed by atoms with van der Waals surface area (Å²) in [4.78, 5) is 26.8. The van der Waals surface area contributed by atoms with E-state index in [-0.39, 0.29) is 17.6 Å². The normalized spacial score (nSPS) is 15.9. The Bertz CT molecular complexity index is 576. The molecule has 0 unspecified atom stereocenters. The van der Waals surface area contributed by atoms with Gasteiger partial charge >= 0.3 is 0 Å². The molecule has 0 atom stereocenters. The molecule has 0 aromatic heterocycles. The Hall–Kier alpha value is -2.21. The minimum absolute atomic E-state index is 0.127. The Balaban J connectivity index is 1.96. The van der Waals surface area contributed by atoms with Crippen molar-refractivity contribution < 1.29 is 19.1 Å². The minimum atomic E-state index is -0.502. The molecule has 118 valence electrons. The number of rotatable bonds is 3. The molecule has 1 aliphatic rings. The molecule has 1 aliphatic heterocycles. The molecule has 2 amide bonds. The summed E-state index contributed by atoms with van der Waals surface area (Å²) < 4.78 is 12.9. The van der Waals surface area contributed by atoms with E-state index in [0.717, 1.165) is 11.1 Å². The molecule has 5 nitrogen and oxygen atoms in total. The zero-order chi connectivity index (χ0) is 16.1. The van der Waals surface area contributed by atoms with Gasteiger partial charge in [-0.1, -0.05) is 12.1 Å². The maximum Gasteiger partial charge on any atom is 0.248 e. The summed E-state index contributed by atoms with van der Waals surface area (Å²) >= 11 is 0. The van der Waals surface area contributed by atoms with Crippen LogP contribution in [0, 0.1) is 5.82 Å². The number of allylic oxidation sites excluding steroid dienone is 1. The Morgan fingerprint density at radius 1 is 1.14 bits per heavy atom. The third kappa shape index (κ3) is 3.92. The van der Waals surface area contributed by atoms with Crippen molar-refractivity contribution in [3.63, 3.8) is 0 Å². The number of aliphatic hydroxyl groups is 1. The molecule has 1 fully saturated rings. The molecule has 1 aromatic rings. The fraction of sp³-hybridized carbons (Fsp3) is 0.375. The third-order valence-corrected chi connectivity index (χ3v) is 3.72. The highest BCUT2D eigenvalue weighted by atomic mass is 19.1. The van der Waals surface area contributed by atoms with Crippen LogP contribution in [0.2, 0.25) is 0 Å². The van der Waals surface area contributed by atoms with Crippen molar-refractivity contribution in [1.29, 1.82) is 0 Å². The Morgan fingerprint density at radius 2 is 1.68 bits per heavy atom. The van der Waals surface area contributed by atoms with Crippen LogP contribution in [0.4, 0.5) is 4.39 Å². The van der Waals surface area contributed by atoms with Crippen LogP contribution in [0.3, 0.4) is 0 Å². The molecule has 1 aromatic carbocycles. The third-order valence-electron chi connectivity index (χ3n) is 3.72. The van der Waals surface area contributed by atoms with Gasteiger partial charge in [0.25, 0.3) is 0 Å². The highest BCUT2D eigenvalue weighted by Gasteiger charge is 2.22. The second kappa shape index (κ2) is 7.17. The number of aliphatic hydroxyl groups excluding tert-OH is 1. The Labute approximate surface area is 128 Å². The molecule has 22 heavy (non-hydrogen) atoms. The number of hydrogen-bond donors (Lipinski definition) is 1. The lowest BCUT2D eigenvalue weighted by Crippen LogP contribution is -2.50. The second-order valence-electron chi connectivity index (χ2n) is 5.20. The number of piperazine rings is 1. The van der Waals surface area contributed by atoms with Crippen molar-refractivity contribution in [3.8, 4) is 0 Å². The number of hydrogen-bond acceptors (Lipinski definition) is 3. The predicted octanol–water partition coefficient (Wildman–Crippen LogP) is 0.892. The summed E-state index contributed by atoms with van der Waals surface area (Å²) in [6.45, 7) is 3.03. The lowest BCUT2D eigenvalue weighted by molar-refractivity contribution is -0.139. The van der Waals surface area contributed by atoms with Crippen molar-refractivity contribution in [3.05, 3.63) is 41.7 Å². The Morgan fingerprint density at radius 3 is 2.23 bits per heavy atom. The standard InChI is InChI=1S/C16H19FN2O3/c1-12(13-2-4-14(17)5-3-13)10-15(21)18-6-8-19(9-7-18)16(22)11-20/h2-5,10,20H,6-9,11H2,1H3/b12-10-. The van der Waals surface area contributed by atoms with Gasteiger partial charge in [0, 0.05) is 32.3 Å². The van der Waals surface area contributed by atoms with E-state index in [2.05, 4.69) is 0 Å². The van der Waals surface area contributed by atoms with Crippen LogP contribution in [-0.4, -0.2) is 59.5 Å². The second-order valence-corrected chi connectivity index (χ2v) is 5.20. The zero-order valence-electron chi connectivity index (χ0n) is 12.5. The molecule has 6 heteroatoms. The van der Waals surface area contributed by atoms with E-state index >= 15 is 0 Å². The van der Waals surface area contributed by atoms with E-state index in [0.29, 0.717) is 26.2 Å². The summed E-state index contributed by atoms with van der Waals surface area (Å²) in [7, 11) is 0. The van der Waals surface area contributed by atoms with Gasteiger partial charge in [0.05, 0.1) is 0 Å². The fourth-order valence-corrected chi connectivity index (χ4v) is 2.35. The van der Waals surface area contributed by atoms with E-state index in [1.807, 2.05) is 0 Å². The zero-order valence-corrected chi connectivity index (χ0v) is 12.5. The number of carbonyl (C=O) groups excluding carboxylic acids is 2. The van der Waals surface area contributed by atoms with Gasteiger partial charge < -0.3 is 14.9 Å². The number of carbonyl (C=O) groups is 2. The van der Waals surface area contributed by atoms with Crippen LogP contribution in [0.15, 0.2) is 30.3 Å². The summed E-state index contributed by atoms with van der Waals surface area (Å²) in [5, 5.41) is 8.82. The van der Waals surface area contributed by atoms with E-state index in [9.17, 15) is 14.0 Å².